The molecule has 3 nitrogen and oxygen atoms in total. The van der Waals surface area contributed by atoms with E-state index in [1.807, 2.05) is 0 Å². The summed E-state index contributed by atoms with van der Waals surface area (Å²) in [5.74, 6) is -1.13. The molecule has 0 aromatic carbocycles. The zero-order chi connectivity index (χ0) is 14.3. The number of anilines is 2. The van der Waals surface area contributed by atoms with Crippen molar-refractivity contribution in [3.8, 4) is 0 Å². The Morgan fingerprint density at radius 1 is 1.11 bits per heavy atom. The lowest BCUT2D eigenvalue weighted by molar-refractivity contribution is 0.546. The number of hydrogen-bond acceptors (Lipinski definition) is 3. The van der Waals surface area contributed by atoms with E-state index in [-0.39, 0.29) is 17.7 Å². The Morgan fingerprint density at radius 3 is 2.37 bits per heavy atom. The van der Waals surface area contributed by atoms with Crippen molar-refractivity contribution in [1.29, 1.82) is 0 Å². The van der Waals surface area contributed by atoms with Gasteiger partial charge in [0, 0.05) is 19.2 Å². The molecule has 19 heavy (non-hydrogen) atoms. The van der Waals surface area contributed by atoms with Gasteiger partial charge in [0.2, 0.25) is 0 Å². The predicted octanol–water partition coefficient (Wildman–Crippen LogP) is 4.17. The lowest BCUT2D eigenvalue weighted by atomic mass is 10.1. The van der Waals surface area contributed by atoms with Crippen molar-refractivity contribution in [1.82, 2.24) is 4.98 Å². The first kappa shape index (κ1) is 15.7. The first-order valence-corrected chi connectivity index (χ1v) is 6.92. The fourth-order valence-corrected chi connectivity index (χ4v) is 2.02. The molecule has 0 aliphatic heterocycles. The highest BCUT2D eigenvalue weighted by Crippen LogP contribution is 2.21. The van der Waals surface area contributed by atoms with Crippen molar-refractivity contribution in [3.63, 3.8) is 0 Å². The van der Waals surface area contributed by atoms with E-state index in [0.29, 0.717) is 0 Å². The van der Waals surface area contributed by atoms with Crippen LogP contribution >= 0.6 is 0 Å². The minimum Gasteiger partial charge on any atom is -0.371 e. The van der Waals surface area contributed by atoms with E-state index in [1.54, 1.807) is 7.05 Å². The second-order valence-corrected chi connectivity index (χ2v) is 4.67. The zero-order valence-electron chi connectivity index (χ0n) is 11.9. The van der Waals surface area contributed by atoms with Gasteiger partial charge >= 0.3 is 0 Å². The summed E-state index contributed by atoms with van der Waals surface area (Å²) >= 11 is 0. The van der Waals surface area contributed by atoms with Crippen LogP contribution in [-0.4, -0.2) is 18.1 Å². The molecule has 0 saturated heterocycles. The van der Waals surface area contributed by atoms with Crippen LogP contribution in [0.4, 0.5) is 20.4 Å². The summed E-state index contributed by atoms with van der Waals surface area (Å²) < 4.78 is 27.0. The normalized spacial score (nSPS) is 12.3. The Kier molecular flexibility index (Phi) is 6.53. The van der Waals surface area contributed by atoms with E-state index < -0.39 is 11.6 Å². The summed E-state index contributed by atoms with van der Waals surface area (Å²) in [4.78, 5) is 3.95. The third kappa shape index (κ3) is 4.65. The monoisotopic (exact) mass is 271 g/mol. The van der Waals surface area contributed by atoms with Crippen LogP contribution in [-0.2, 0) is 0 Å². The third-order valence-electron chi connectivity index (χ3n) is 3.05. The quantitative estimate of drug-likeness (QED) is 0.745. The molecule has 0 spiro atoms. The van der Waals surface area contributed by atoms with Crippen molar-refractivity contribution in [2.24, 2.45) is 0 Å². The van der Waals surface area contributed by atoms with Gasteiger partial charge in [-0.3, -0.25) is 0 Å². The number of nitrogens with one attached hydrogen (secondary N) is 2. The van der Waals surface area contributed by atoms with Crippen molar-refractivity contribution < 1.29 is 8.78 Å². The number of hydrogen-bond donors (Lipinski definition) is 2. The molecule has 0 bridgehead atoms. The second-order valence-electron chi connectivity index (χ2n) is 4.67. The number of aromatic nitrogens is 1. The standard InChI is InChI=1S/C14H23F2N3/c1-4-6-8-10(7-5-2)18-14-12(16)9-11(15)13(17-3)19-14/h9-10H,4-8H2,1-3H3,(H2,17,18,19). The van der Waals surface area contributed by atoms with E-state index in [2.05, 4.69) is 29.5 Å². The summed E-state index contributed by atoms with van der Waals surface area (Å²) in [6, 6.07) is 1.05. The highest BCUT2D eigenvalue weighted by atomic mass is 19.1. The van der Waals surface area contributed by atoms with Crippen LogP contribution in [0.15, 0.2) is 6.07 Å². The Morgan fingerprint density at radius 2 is 1.79 bits per heavy atom. The number of rotatable bonds is 8. The smallest absolute Gasteiger partial charge is 0.168 e. The number of unbranched alkanes of at least 4 members (excludes halogenated alkanes) is 1. The van der Waals surface area contributed by atoms with E-state index in [1.165, 1.54) is 0 Å². The zero-order valence-corrected chi connectivity index (χ0v) is 11.9. The molecule has 0 saturated carbocycles. The van der Waals surface area contributed by atoms with Crippen molar-refractivity contribution in [2.45, 2.75) is 52.0 Å². The highest BCUT2D eigenvalue weighted by molar-refractivity contribution is 5.47. The molecule has 2 N–H and O–H groups in total. The molecular formula is C14H23F2N3. The van der Waals surface area contributed by atoms with E-state index in [0.717, 1.165) is 38.2 Å². The van der Waals surface area contributed by atoms with Gasteiger partial charge in [0.15, 0.2) is 23.3 Å². The molecule has 5 heteroatoms. The fourth-order valence-electron chi connectivity index (χ4n) is 2.02. The summed E-state index contributed by atoms with van der Waals surface area (Å²) in [6.45, 7) is 4.22. The first-order valence-electron chi connectivity index (χ1n) is 6.92. The van der Waals surface area contributed by atoms with Crippen molar-refractivity contribution in [3.05, 3.63) is 17.7 Å². The summed E-state index contributed by atoms with van der Waals surface area (Å²) in [5, 5.41) is 5.71. The maximum Gasteiger partial charge on any atom is 0.168 e. The Hall–Kier alpha value is -1.39. The Balaban J connectivity index is 2.82. The summed E-state index contributed by atoms with van der Waals surface area (Å²) in [5.41, 5.74) is 0. The molecule has 1 atom stereocenters. The molecule has 0 fully saturated rings. The largest absolute Gasteiger partial charge is 0.371 e. The molecule has 1 heterocycles. The molecule has 1 aromatic heterocycles. The van der Waals surface area contributed by atoms with Crippen LogP contribution < -0.4 is 10.6 Å². The van der Waals surface area contributed by atoms with E-state index in [4.69, 9.17) is 0 Å². The second kappa shape index (κ2) is 7.92. The van der Waals surface area contributed by atoms with Gasteiger partial charge in [-0.15, -0.1) is 0 Å². The maximum atomic E-state index is 13.7. The van der Waals surface area contributed by atoms with Gasteiger partial charge in [-0.2, -0.15) is 0 Å². The topological polar surface area (TPSA) is 37.0 Å². The molecule has 1 aromatic rings. The van der Waals surface area contributed by atoms with Crippen LogP contribution in [0.5, 0.6) is 0 Å². The number of nitrogens with zero attached hydrogens (tertiary/aromatic N) is 1. The average Bonchev–Trinajstić information content (AvgIpc) is 2.39. The van der Waals surface area contributed by atoms with E-state index in [9.17, 15) is 8.78 Å². The van der Waals surface area contributed by atoms with Gasteiger partial charge in [-0.25, -0.2) is 13.8 Å². The Bertz CT molecular complexity index is 397. The molecule has 0 aliphatic rings. The third-order valence-corrected chi connectivity index (χ3v) is 3.05. The van der Waals surface area contributed by atoms with Gasteiger partial charge < -0.3 is 10.6 Å². The highest BCUT2D eigenvalue weighted by Gasteiger charge is 2.14. The molecule has 0 amide bonds. The van der Waals surface area contributed by atoms with Gasteiger partial charge in [-0.1, -0.05) is 33.1 Å². The van der Waals surface area contributed by atoms with Crippen molar-refractivity contribution >= 4 is 11.6 Å². The van der Waals surface area contributed by atoms with Crippen LogP contribution in [0.25, 0.3) is 0 Å². The lowest BCUT2D eigenvalue weighted by Crippen LogP contribution is -2.21. The van der Waals surface area contributed by atoms with Gasteiger partial charge in [0.05, 0.1) is 0 Å². The number of halogens is 2. The maximum absolute atomic E-state index is 13.7. The average molecular weight is 271 g/mol. The molecule has 0 radical (unpaired) electrons. The predicted molar refractivity (Wildman–Crippen MR) is 75.5 cm³/mol. The molecular weight excluding hydrogens is 248 g/mol. The minimum atomic E-state index is -0.675. The van der Waals surface area contributed by atoms with Gasteiger partial charge in [0.1, 0.15) is 0 Å². The van der Waals surface area contributed by atoms with Gasteiger partial charge in [0.25, 0.3) is 0 Å². The molecule has 1 rings (SSSR count). The fraction of sp³-hybridized carbons (Fsp3) is 0.643. The van der Waals surface area contributed by atoms with Crippen LogP contribution in [0, 0.1) is 11.6 Å². The SMILES string of the molecule is CCCCC(CCC)Nc1nc(NC)c(F)cc1F. The number of pyridine rings is 1. The van der Waals surface area contributed by atoms with Crippen molar-refractivity contribution in [2.75, 3.05) is 17.7 Å². The Labute approximate surface area is 113 Å². The van der Waals surface area contributed by atoms with Crippen LogP contribution in [0.1, 0.15) is 46.0 Å². The van der Waals surface area contributed by atoms with E-state index >= 15 is 0 Å². The summed E-state index contributed by atoms with van der Waals surface area (Å²) in [6.07, 6.45) is 5.12. The molecule has 108 valence electrons. The summed E-state index contributed by atoms with van der Waals surface area (Å²) in [7, 11) is 1.56. The van der Waals surface area contributed by atoms with Crippen LogP contribution in [0.2, 0.25) is 0 Å². The lowest BCUT2D eigenvalue weighted by Gasteiger charge is -2.19. The molecule has 1 unspecified atom stereocenters. The van der Waals surface area contributed by atoms with Crippen LogP contribution in [0.3, 0.4) is 0 Å². The van der Waals surface area contributed by atoms with Gasteiger partial charge in [-0.05, 0) is 12.8 Å². The minimum absolute atomic E-state index is 0.0645. The first-order chi connectivity index (χ1) is 9.12. The molecule has 0 aliphatic carbocycles.